The van der Waals surface area contributed by atoms with Gasteiger partial charge in [0.1, 0.15) is 0 Å². The van der Waals surface area contributed by atoms with E-state index in [1.54, 1.807) is 11.1 Å². The topological polar surface area (TPSA) is 6.48 Å². The number of fused-ring (bicyclic) bond motifs is 12. The number of thiophene rings is 1. The zero-order valence-corrected chi connectivity index (χ0v) is 52.6. The minimum Gasteiger partial charge on any atom is -0.311 e. The van der Waals surface area contributed by atoms with Gasteiger partial charge < -0.3 is 9.80 Å². The molecule has 0 N–H and O–H groups in total. The molecule has 8 aromatic rings. The lowest BCUT2D eigenvalue weighted by Crippen LogP contribution is -2.61. The Balaban J connectivity index is 1.18. The number of nitrogens with zero attached hydrogens (tertiary/aromatic N) is 2. The Morgan fingerprint density at radius 1 is 0.494 bits per heavy atom. The Bertz CT molecular complexity index is 3910. The third kappa shape index (κ3) is 8.04. The molecule has 3 heterocycles. The second-order valence-electron chi connectivity index (χ2n) is 31.4. The second-order valence-corrected chi connectivity index (χ2v) is 32.4. The predicted molar refractivity (Wildman–Crippen MR) is 352 cm³/mol. The van der Waals surface area contributed by atoms with Crippen molar-refractivity contribution in [3.63, 3.8) is 0 Å². The van der Waals surface area contributed by atoms with Gasteiger partial charge in [0, 0.05) is 43.1 Å². The van der Waals surface area contributed by atoms with Gasteiger partial charge in [-0.25, -0.2) is 0 Å². The number of rotatable bonds is 4. The summed E-state index contributed by atoms with van der Waals surface area (Å²) in [6, 6.07) is 51.9. The summed E-state index contributed by atoms with van der Waals surface area (Å²) in [6.07, 6.45) is 9.90. The lowest BCUT2D eigenvalue weighted by atomic mass is 9.35. The molecule has 14 rings (SSSR count). The van der Waals surface area contributed by atoms with Crippen molar-refractivity contribution in [2.24, 2.45) is 5.92 Å². The second kappa shape index (κ2) is 17.6. The minimum atomic E-state index is -0.165. The zero-order valence-electron chi connectivity index (χ0n) is 51.8. The van der Waals surface area contributed by atoms with E-state index in [9.17, 15) is 0 Å². The van der Waals surface area contributed by atoms with E-state index in [1.165, 1.54) is 154 Å². The molecule has 3 atom stereocenters. The first-order valence-electron chi connectivity index (χ1n) is 31.2. The first-order valence-corrected chi connectivity index (χ1v) is 32.0. The molecule has 2 aliphatic heterocycles. The van der Waals surface area contributed by atoms with Crippen molar-refractivity contribution in [2.45, 2.75) is 206 Å². The van der Waals surface area contributed by atoms with Crippen LogP contribution in [0.25, 0.3) is 32.3 Å². The first kappa shape index (κ1) is 53.2. The van der Waals surface area contributed by atoms with E-state index in [-0.39, 0.29) is 44.6 Å². The summed E-state index contributed by atoms with van der Waals surface area (Å²) in [6.45, 7) is 39.8. The van der Waals surface area contributed by atoms with Gasteiger partial charge in [-0.3, -0.25) is 0 Å². The van der Waals surface area contributed by atoms with Gasteiger partial charge in [-0.2, -0.15) is 0 Å². The van der Waals surface area contributed by atoms with Gasteiger partial charge in [0.15, 0.2) is 0 Å². The summed E-state index contributed by atoms with van der Waals surface area (Å²) in [5.74, 6) is 1.29. The van der Waals surface area contributed by atoms with Crippen LogP contribution >= 0.6 is 11.3 Å². The van der Waals surface area contributed by atoms with Crippen molar-refractivity contribution >= 4 is 78.0 Å². The molecule has 4 heteroatoms. The average molecular weight is 1080 g/mol. The fourth-order valence-corrected chi connectivity index (χ4v) is 17.9. The molecule has 7 aromatic carbocycles. The maximum absolute atomic E-state index is 2.87. The molecule has 0 radical (unpaired) electrons. The fourth-order valence-electron chi connectivity index (χ4n) is 16.6. The van der Waals surface area contributed by atoms with Crippen LogP contribution in [0, 0.1) is 5.92 Å². The summed E-state index contributed by atoms with van der Waals surface area (Å²) >= 11 is 2.12. The lowest BCUT2D eigenvalue weighted by Gasteiger charge is -2.48. The Labute approximate surface area is 490 Å². The molecular formula is C77H87BN2S. The zero-order chi connectivity index (χ0) is 56.9. The highest BCUT2D eigenvalue weighted by atomic mass is 32.1. The molecule has 1 fully saturated rings. The monoisotopic (exact) mass is 1080 g/mol. The minimum absolute atomic E-state index is 0.00314. The SMILES string of the molecule is CC1c2cc3sc4c(c3cc2C2(C)CCCC1C2)N(c1cc2c(cc1-c1ccccc1)C(C)(C)CCC2(C)C)c1cc(C(C)(C)C)cc2c1B4c1cc3c(cc1N2c1ccc(C(C)(C)C)cc1-c1ccccc1)C(C)(C)CCC3(C)C. The number of hydrogen-bond acceptors (Lipinski definition) is 3. The van der Waals surface area contributed by atoms with Crippen molar-refractivity contribution in [1.29, 1.82) is 0 Å². The normalized spacial score (nSPS) is 22.5. The predicted octanol–water partition coefficient (Wildman–Crippen LogP) is 20.2. The van der Waals surface area contributed by atoms with Crippen LogP contribution in [0.2, 0.25) is 0 Å². The molecule has 2 bridgehead atoms. The van der Waals surface area contributed by atoms with Gasteiger partial charge in [-0.15, -0.1) is 11.3 Å². The van der Waals surface area contributed by atoms with Crippen molar-refractivity contribution in [1.82, 2.24) is 0 Å². The Morgan fingerprint density at radius 3 is 1.60 bits per heavy atom. The van der Waals surface area contributed by atoms with Crippen LogP contribution in [0.15, 0.2) is 127 Å². The largest absolute Gasteiger partial charge is 0.311 e. The highest BCUT2D eigenvalue weighted by Crippen LogP contribution is 2.59. The third-order valence-corrected chi connectivity index (χ3v) is 23.2. The molecule has 81 heavy (non-hydrogen) atoms. The molecular weight excluding hydrogens is 996 g/mol. The van der Waals surface area contributed by atoms with Crippen LogP contribution in [-0.2, 0) is 37.9 Å². The fraction of sp³-hybridized carbons (Fsp3) is 0.429. The van der Waals surface area contributed by atoms with E-state index >= 15 is 0 Å². The molecule has 6 aliphatic rings. The summed E-state index contributed by atoms with van der Waals surface area (Å²) < 4.78 is 2.93. The molecule has 0 saturated heterocycles. The van der Waals surface area contributed by atoms with E-state index in [4.69, 9.17) is 0 Å². The van der Waals surface area contributed by atoms with Crippen LogP contribution < -0.4 is 25.5 Å². The van der Waals surface area contributed by atoms with Crippen LogP contribution in [0.3, 0.4) is 0 Å². The van der Waals surface area contributed by atoms with Gasteiger partial charge in [0.2, 0.25) is 0 Å². The number of anilines is 6. The van der Waals surface area contributed by atoms with Crippen molar-refractivity contribution in [2.75, 3.05) is 9.80 Å². The maximum Gasteiger partial charge on any atom is 0.264 e. The van der Waals surface area contributed by atoms with Crippen molar-refractivity contribution in [3.8, 4) is 22.3 Å². The smallest absolute Gasteiger partial charge is 0.264 e. The molecule has 3 unspecified atom stereocenters. The van der Waals surface area contributed by atoms with E-state index in [1.807, 2.05) is 0 Å². The average Bonchev–Trinajstić information content (AvgIpc) is 2.32. The van der Waals surface area contributed by atoms with E-state index in [0.29, 0.717) is 5.92 Å². The number of benzene rings is 7. The van der Waals surface area contributed by atoms with Crippen molar-refractivity contribution in [3.05, 3.63) is 172 Å². The summed E-state index contributed by atoms with van der Waals surface area (Å²) in [7, 11) is 0. The van der Waals surface area contributed by atoms with Crippen LogP contribution in [0.4, 0.5) is 34.1 Å². The molecule has 1 saturated carbocycles. The summed E-state index contributed by atoms with van der Waals surface area (Å²) in [4.78, 5) is 5.65. The Hall–Kier alpha value is -5.84. The Morgan fingerprint density at radius 2 is 1.02 bits per heavy atom. The van der Waals surface area contributed by atoms with Gasteiger partial charge in [0.25, 0.3) is 6.71 Å². The molecule has 2 nitrogen and oxygen atoms in total. The highest BCUT2D eigenvalue weighted by Gasteiger charge is 2.51. The molecule has 414 valence electrons. The van der Waals surface area contributed by atoms with Crippen molar-refractivity contribution < 1.29 is 0 Å². The van der Waals surface area contributed by atoms with Gasteiger partial charge in [-0.1, -0.05) is 190 Å². The first-order chi connectivity index (χ1) is 38.2. The maximum atomic E-state index is 2.87. The summed E-state index contributed by atoms with van der Waals surface area (Å²) in [5, 5.41) is 1.43. The quantitative estimate of drug-likeness (QED) is 0.162. The van der Waals surface area contributed by atoms with E-state index in [0.717, 1.165) is 18.8 Å². The Kier molecular flexibility index (Phi) is 11.6. The molecule has 4 aliphatic carbocycles. The highest BCUT2D eigenvalue weighted by molar-refractivity contribution is 7.33. The van der Waals surface area contributed by atoms with Crippen LogP contribution in [-0.4, -0.2) is 6.71 Å². The molecule has 1 aromatic heterocycles. The van der Waals surface area contributed by atoms with Gasteiger partial charge in [0.05, 0.1) is 17.1 Å². The summed E-state index contributed by atoms with van der Waals surface area (Å²) in [5.41, 5.74) is 28.0. The van der Waals surface area contributed by atoms with Crippen LogP contribution in [0.1, 0.15) is 213 Å². The van der Waals surface area contributed by atoms with E-state index < -0.39 is 0 Å². The molecule has 0 amide bonds. The standard InChI is InChI=1S/C77H87BN2S/c1-46-49-28-23-31-77(16,45-49)56-40-55-67(41-52(46)56)81-70-69(55)80(63-43-59-57(73(8,9)32-34-75(59,12)13)39-54(63)48-26-21-18-22-27-48)66-38-51(72(5,6)7)37-65-68(66)78(70)61-42-58-60(76(14,15)35-33-74(58,10)11)44-64(61)79(65)62-30-29-50(71(2,3)4)36-53(62)47-24-19-17-20-25-47/h17-22,24-27,29-30,36-44,46,49H,23,28,31-35,45H2,1-16H3. The van der Waals surface area contributed by atoms with Crippen LogP contribution in [0.5, 0.6) is 0 Å². The lowest BCUT2D eigenvalue weighted by molar-refractivity contribution is 0.191. The van der Waals surface area contributed by atoms with Gasteiger partial charge in [-0.05, 0) is 216 Å². The van der Waals surface area contributed by atoms with E-state index in [2.05, 4.69) is 259 Å². The number of hydrogen-bond donors (Lipinski definition) is 0. The van der Waals surface area contributed by atoms with Gasteiger partial charge >= 0.3 is 0 Å². The molecule has 0 spiro atoms. The third-order valence-electron chi connectivity index (χ3n) is 22.0.